The van der Waals surface area contributed by atoms with E-state index in [1.54, 1.807) is 11.1 Å². The van der Waals surface area contributed by atoms with Crippen LogP contribution in [0.2, 0.25) is 0 Å². The van der Waals surface area contributed by atoms with Crippen molar-refractivity contribution in [3.8, 4) is 0 Å². The van der Waals surface area contributed by atoms with Gasteiger partial charge in [0.2, 0.25) is 0 Å². The number of aliphatic hydroxyl groups excluding tert-OH is 1. The maximum absolute atomic E-state index is 12.0. The van der Waals surface area contributed by atoms with Crippen molar-refractivity contribution in [1.29, 1.82) is 0 Å². The lowest BCUT2D eigenvalue weighted by Crippen LogP contribution is -2.39. The van der Waals surface area contributed by atoms with Gasteiger partial charge in [0.15, 0.2) is 0 Å². The number of carbonyl (C=O) groups is 1. The largest absolute Gasteiger partial charge is 0.394 e. The number of H-pyrrole nitrogens is 1. The van der Waals surface area contributed by atoms with Gasteiger partial charge in [-0.3, -0.25) is 9.89 Å². The third-order valence-corrected chi connectivity index (χ3v) is 3.08. The minimum absolute atomic E-state index is 0.0325. The molecule has 1 saturated heterocycles. The van der Waals surface area contributed by atoms with E-state index >= 15 is 0 Å². The summed E-state index contributed by atoms with van der Waals surface area (Å²) < 4.78 is 0. The SMILES string of the molecule is CC1CCN(C(=O)c2cn[nH]c2)C1CO. The Hall–Kier alpha value is -1.36. The number of amides is 1. The first kappa shape index (κ1) is 10.2. The third-order valence-electron chi connectivity index (χ3n) is 3.08. The molecule has 5 nitrogen and oxygen atoms in total. The first-order valence-corrected chi connectivity index (χ1v) is 5.14. The summed E-state index contributed by atoms with van der Waals surface area (Å²) in [6, 6.07) is -0.0487. The van der Waals surface area contributed by atoms with Gasteiger partial charge in [0.1, 0.15) is 0 Å². The van der Waals surface area contributed by atoms with Crippen molar-refractivity contribution in [3.63, 3.8) is 0 Å². The highest BCUT2D eigenvalue weighted by Gasteiger charge is 2.34. The van der Waals surface area contributed by atoms with E-state index in [1.807, 2.05) is 0 Å². The number of carbonyl (C=O) groups excluding carboxylic acids is 1. The number of aliphatic hydroxyl groups is 1. The van der Waals surface area contributed by atoms with Crippen LogP contribution in [0.25, 0.3) is 0 Å². The molecule has 0 bridgehead atoms. The van der Waals surface area contributed by atoms with Crippen molar-refractivity contribution in [2.45, 2.75) is 19.4 Å². The highest BCUT2D eigenvalue weighted by atomic mass is 16.3. The summed E-state index contributed by atoms with van der Waals surface area (Å²) in [4.78, 5) is 13.7. The predicted molar refractivity (Wildman–Crippen MR) is 54.3 cm³/mol. The number of hydrogen-bond acceptors (Lipinski definition) is 3. The topological polar surface area (TPSA) is 69.2 Å². The molecule has 1 fully saturated rings. The average molecular weight is 209 g/mol. The molecule has 0 saturated carbocycles. The van der Waals surface area contributed by atoms with Gasteiger partial charge in [0, 0.05) is 12.7 Å². The van der Waals surface area contributed by atoms with Crippen LogP contribution >= 0.6 is 0 Å². The lowest BCUT2D eigenvalue weighted by molar-refractivity contribution is 0.0648. The molecule has 1 aliphatic rings. The Morgan fingerprint density at radius 2 is 2.60 bits per heavy atom. The first-order valence-electron chi connectivity index (χ1n) is 5.14. The highest BCUT2D eigenvalue weighted by Crippen LogP contribution is 2.24. The molecule has 5 heteroatoms. The Kier molecular flexibility index (Phi) is 2.73. The lowest BCUT2D eigenvalue weighted by Gasteiger charge is -2.24. The van der Waals surface area contributed by atoms with E-state index in [9.17, 15) is 9.90 Å². The molecule has 0 radical (unpaired) electrons. The molecule has 1 amide bonds. The molecule has 2 unspecified atom stereocenters. The van der Waals surface area contributed by atoms with E-state index in [-0.39, 0.29) is 18.6 Å². The molecule has 82 valence electrons. The summed E-state index contributed by atoms with van der Waals surface area (Å²) in [6.07, 6.45) is 4.05. The molecule has 15 heavy (non-hydrogen) atoms. The van der Waals surface area contributed by atoms with Crippen LogP contribution in [0, 0.1) is 5.92 Å². The summed E-state index contributed by atoms with van der Waals surface area (Å²) in [5.74, 6) is 0.318. The van der Waals surface area contributed by atoms with Crippen LogP contribution in [0.4, 0.5) is 0 Å². The van der Waals surface area contributed by atoms with E-state index < -0.39 is 0 Å². The highest BCUT2D eigenvalue weighted by molar-refractivity contribution is 5.94. The molecular formula is C10H15N3O2. The van der Waals surface area contributed by atoms with Crippen molar-refractivity contribution < 1.29 is 9.90 Å². The minimum Gasteiger partial charge on any atom is -0.394 e. The van der Waals surface area contributed by atoms with Gasteiger partial charge in [-0.2, -0.15) is 5.10 Å². The standard InChI is InChI=1S/C10H15N3O2/c1-7-2-3-13(9(7)6-14)10(15)8-4-11-12-5-8/h4-5,7,9,14H,2-3,6H2,1H3,(H,11,12). The zero-order valence-corrected chi connectivity index (χ0v) is 8.68. The van der Waals surface area contributed by atoms with Gasteiger partial charge in [-0.1, -0.05) is 6.92 Å². The fourth-order valence-corrected chi connectivity index (χ4v) is 2.07. The molecular weight excluding hydrogens is 194 g/mol. The van der Waals surface area contributed by atoms with Gasteiger partial charge in [-0.15, -0.1) is 0 Å². The Bertz CT molecular complexity index is 336. The number of hydrogen-bond donors (Lipinski definition) is 2. The Balaban J connectivity index is 2.14. The van der Waals surface area contributed by atoms with Crippen LogP contribution in [0.15, 0.2) is 12.4 Å². The molecule has 0 spiro atoms. The van der Waals surface area contributed by atoms with E-state index in [0.29, 0.717) is 11.5 Å². The second kappa shape index (κ2) is 4.02. The number of nitrogens with one attached hydrogen (secondary N) is 1. The number of likely N-dealkylation sites (tertiary alicyclic amines) is 1. The average Bonchev–Trinajstić information content (AvgIpc) is 2.85. The van der Waals surface area contributed by atoms with E-state index in [0.717, 1.165) is 13.0 Å². The van der Waals surface area contributed by atoms with Crippen LogP contribution in [0.3, 0.4) is 0 Å². The number of nitrogens with zero attached hydrogens (tertiary/aromatic N) is 2. The zero-order chi connectivity index (χ0) is 10.8. The van der Waals surface area contributed by atoms with Gasteiger partial charge in [-0.05, 0) is 12.3 Å². The van der Waals surface area contributed by atoms with Gasteiger partial charge in [0.05, 0.1) is 24.4 Å². The second-order valence-electron chi connectivity index (χ2n) is 4.00. The smallest absolute Gasteiger partial charge is 0.257 e. The van der Waals surface area contributed by atoms with Crippen molar-refractivity contribution in [1.82, 2.24) is 15.1 Å². The molecule has 1 aromatic rings. The molecule has 1 aliphatic heterocycles. The molecule has 2 N–H and O–H groups in total. The quantitative estimate of drug-likeness (QED) is 0.733. The molecule has 2 atom stereocenters. The summed E-state index contributed by atoms with van der Waals surface area (Å²) in [5, 5.41) is 15.6. The van der Waals surface area contributed by atoms with Crippen molar-refractivity contribution in [2.24, 2.45) is 5.92 Å². The Morgan fingerprint density at radius 1 is 1.80 bits per heavy atom. The van der Waals surface area contributed by atoms with Gasteiger partial charge < -0.3 is 10.0 Å². The molecule has 0 aromatic carbocycles. The van der Waals surface area contributed by atoms with Crippen LogP contribution < -0.4 is 0 Å². The zero-order valence-electron chi connectivity index (χ0n) is 8.68. The molecule has 1 aromatic heterocycles. The molecule has 2 heterocycles. The maximum atomic E-state index is 12.0. The van der Waals surface area contributed by atoms with Crippen LogP contribution in [0.5, 0.6) is 0 Å². The molecule has 0 aliphatic carbocycles. The minimum atomic E-state index is -0.0489. The normalized spacial score (nSPS) is 25.9. The van der Waals surface area contributed by atoms with Crippen LogP contribution in [-0.2, 0) is 0 Å². The fourth-order valence-electron chi connectivity index (χ4n) is 2.07. The fraction of sp³-hybridized carbons (Fsp3) is 0.600. The number of aromatic nitrogens is 2. The van der Waals surface area contributed by atoms with Gasteiger partial charge in [0.25, 0.3) is 5.91 Å². The second-order valence-corrected chi connectivity index (χ2v) is 4.00. The summed E-state index contributed by atoms with van der Waals surface area (Å²) in [7, 11) is 0. The Labute approximate surface area is 88.1 Å². The van der Waals surface area contributed by atoms with Crippen LogP contribution in [-0.4, -0.2) is 45.3 Å². The van der Waals surface area contributed by atoms with Crippen LogP contribution in [0.1, 0.15) is 23.7 Å². The number of aromatic amines is 1. The summed E-state index contributed by atoms with van der Waals surface area (Å²) in [6.45, 7) is 2.81. The third kappa shape index (κ3) is 1.74. The van der Waals surface area contributed by atoms with E-state index in [4.69, 9.17) is 0 Å². The molecule has 2 rings (SSSR count). The summed E-state index contributed by atoms with van der Waals surface area (Å²) in [5.41, 5.74) is 0.558. The first-order chi connectivity index (χ1) is 7.24. The van der Waals surface area contributed by atoms with Crippen molar-refractivity contribution in [2.75, 3.05) is 13.2 Å². The van der Waals surface area contributed by atoms with E-state index in [1.165, 1.54) is 6.20 Å². The van der Waals surface area contributed by atoms with E-state index in [2.05, 4.69) is 17.1 Å². The number of rotatable bonds is 2. The van der Waals surface area contributed by atoms with Crippen molar-refractivity contribution in [3.05, 3.63) is 18.0 Å². The Morgan fingerprint density at radius 3 is 3.20 bits per heavy atom. The maximum Gasteiger partial charge on any atom is 0.257 e. The predicted octanol–water partition coefficient (Wildman–Crippen LogP) is 0.253. The van der Waals surface area contributed by atoms with Gasteiger partial charge >= 0.3 is 0 Å². The lowest BCUT2D eigenvalue weighted by atomic mass is 10.0. The summed E-state index contributed by atoms with van der Waals surface area (Å²) >= 11 is 0. The monoisotopic (exact) mass is 209 g/mol. The van der Waals surface area contributed by atoms with Gasteiger partial charge in [-0.25, -0.2) is 0 Å². The van der Waals surface area contributed by atoms with Crippen molar-refractivity contribution >= 4 is 5.91 Å².